The van der Waals surface area contributed by atoms with Crippen molar-refractivity contribution in [3.05, 3.63) is 11.6 Å². The number of ketones is 1. The van der Waals surface area contributed by atoms with Gasteiger partial charge in [0.05, 0.1) is 0 Å². The van der Waals surface area contributed by atoms with Crippen LogP contribution in [0.5, 0.6) is 0 Å². The first-order valence-corrected chi connectivity index (χ1v) is 5.63. The Hall–Kier alpha value is -0.920. The first-order valence-electron chi connectivity index (χ1n) is 5.63. The molecule has 0 saturated heterocycles. The van der Waals surface area contributed by atoms with Gasteiger partial charge in [-0.1, -0.05) is 19.3 Å². The van der Waals surface area contributed by atoms with Crippen molar-refractivity contribution in [3.8, 4) is 0 Å². The Morgan fingerprint density at radius 3 is 2.57 bits per heavy atom. The second kappa shape index (κ2) is 4.54. The third kappa shape index (κ3) is 2.31. The standard InChI is InChI=1S/C12H17NO/c14-11-8-10-6-4-2-1-3-5-7-12(10)13-9-11/h8H,1-7,9H2. The lowest BCUT2D eigenvalue weighted by Gasteiger charge is -2.13. The summed E-state index contributed by atoms with van der Waals surface area (Å²) in [6, 6.07) is 0. The summed E-state index contributed by atoms with van der Waals surface area (Å²) in [5.74, 6) is 0.183. The number of hydrogen-bond acceptors (Lipinski definition) is 2. The number of nitrogens with zero attached hydrogens (tertiary/aromatic N) is 1. The van der Waals surface area contributed by atoms with Gasteiger partial charge < -0.3 is 0 Å². The van der Waals surface area contributed by atoms with E-state index in [4.69, 9.17) is 0 Å². The Kier molecular flexibility index (Phi) is 3.12. The van der Waals surface area contributed by atoms with Crippen LogP contribution < -0.4 is 0 Å². The molecule has 76 valence electrons. The van der Waals surface area contributed by atoms with Crippen LogP contribution in [0.3, 0.4) is 0 Å². The average Bonchev–Trinajstić information content (AvgIpc) is 2.29. The van der Waals surface area contributed by atoms with Gasteiger partial charge in [-0.05, 0) is 37.3 Å². The number of carbonyl (C=O) groups excluding carboxylic acids is 1. The van der Waals surface area contributed by atoms with Crippen LogP contribution in [0.2, 0.25) is 0 Å². The Morgan fingerprint density at radius 1 is 1.00 bits per heavy atom. The number of allylic oxidation sites excluding steroid dienone is 1. The molecule has 0 aromatic rings. The van der Waals surface area contributed by atoms with Crippen molar-refractivity contribution in [2.45, 2.75) is 44.9 Å². The summed E-state index contributed by atoms with van der Waals surface area (Å²) in [7, 11) is 0. The average molecular weight is 191 g/mol. The molecule has 0 unspecified atom stereocenters. The van der Waals surface area contributed by atoms with Crippen molar-refractivity contribution in [3.63, 3.8) is 0 Å². The fourth-order valence-electron chi connectivity index (χ4n) is 2.19. The van der Waals surface area contributed by atoms with Crippen LogP contribution in [0, 0.1) is 0 Å². The molecule has 0 bridgehead atoms. The summed E-state index contributed by atoms with van der Waals surface area (Å²) < 4.78 is 0. The number of fused-ring (bicyclic) bond motifs is 1. The van der Waals surface area contributed by atoms with Crippen molar-refractivity contribution in [1.82, 2.24) is 0 Å². The third-order valence-electron chi connectivity index (χ3n) is 2.99. The normalized spacial score (nSPS) is 23.9. The minimum absolute atomic E-state index is 0.183. The highest BCUT2D eigenvalue weighted by atomic mass is 16.1. The molecule has 1 heterocycles. The quantitative estimate of drug-likeness (QED) is 0.579. The van der Waals surface area contributed by atoms with E-state index in [1.165, 1.54) is 43.4 Å². The number of dihydropyridines is 1. The topological polar surface area (TPSA) is 29.4 Å². The molecule has 0 N–H and O–H groups in total. The van der Waals surface area contributed by atoms with Gasteiger partial charge in [0.1, 0.15) is 6.54 Å². The Balaban J connectivity index is 2.12. The first-order chi connectivity index (χ1) is 6.86. The summed E-state index contributed by atoms with van der Waals surface area (Å²) in [6.07, 6.45) is 10.4. The molecule has 0 atom stereocenters. The van der Waals surface area contributed by atoms with Crippen LogP contribution in [0.1, 0.15) is 44.9 Å². The smallest absolute Gasteiger partial charge is 0.177 e. The number of aliphatic imine (C=N–C) groups is 1. The molecule has 1 fully saturated rings. The fraction of sp³-hybridized carbons (Fsp3) is 0.667. The number of rotatable bonds is 0. The van der Waals surface area contributed by atoms with Crippen LogP contribution in [0.15, 0.2) is 16.6 Å². The second-order valence-electron chi connectivity index (χ2n) is 4.17. The molecule has 1 saturated carbocycles. The predicted molar refractivity (Wildman–Crippen MR) is 57.7 cm³/mol. The van der Waals surface area contributed by atoms with Crippen LogP contribution in [0.4, 0.5) is 0 Å². The Labute approximate surface area is 85.1 Å². The highest BCUT2D eigenvalue weighted by Gasteiger charge is 2.15. The summed E-state index contributed by atoms with van der Waals surface area (Å²) in [4.78, 5) is 15.6. The van der Waals surface area contributed by atoms with Crippen LogP contribution in [-0.2, 0) is 4.79 Å². The van der Waals surface area contributed by atoms with Crippen LogP contribution in [0.25, 0.3) is 0 Å². The molecular formula is C12H17NO. The molecule has 0 radical (unpaired) electrons. The molecule has 2 heteroatoms. The largest absolute Gasteiger partial charge is 0.293 e. The van der Waals surface area contributed by atoms with Gasteiger partial charge in [0.15, 0.2) is 5.78 Å². The Bertz CT molecular complexity index is 289. The lowest BCUT2D eigenvalue weighted by molar-refractivity contribution is -0.113. The van der Waals surface area contributed by atoms with E-state index in [2.05, 4.69) is 4.99 Å². The molecule has 2 rings (SSSR count). The van der Waals surface area contributed by atoms with E-state index >= 15 is 0 Å². The van der Waals surface area contributed by atoms with Gasteiger partial charge >= 0.3 is 0 Å². The van der Waals surface area contributed by atoms with Gasteiger partial charge in [0, 0.05) is 5.71 Å². The maximum atomic E-state index is 11.2. The van der Waals surface area contributed by atoms with E-state index in [1.807, 2.05) is 6.08 Å². The zero-order valence-electron chi connectivity index (χ0n) is 8.59. The zero-order valence-corrected chi connectivity index (χ0v) is 8.59. The van der Waals surface area contributed by atoms with Crippen molar-refractivity contribution in [2.24, 2.45) is 4.99 Å². The van der Waals surface area contributed by atoms with E-state index in [1.54, 1.807) is 0 Å². The van der Waals surface area contributed by atoms with E-state index in [0.29, 0.717) is 6.54 Å². The number of carbonyl (C=O) groups is 1. The summed E-state index contributed by atoms with van der Waals surface area (Å²) in [6.45, 7) is 0.388. The molecule has 14 heavy (non-hydrogen) atoms. The highest BCUT2D eigenvalue weighted by Crippen LogP contribution is 2.21. The molecule has 0 spiro atoms. The summed E-state index contributed by atoms with van der Waals surface area (Å²) in [5, 5.41) is 0. The molecule has 0 amide bonds. The van der Waals surface area contributed by atoms with Crippen LogP contribution >= 0.6 is 0 Å². The van der Waals surface area contributed by atoms with Gasteiger partial charge in [0.2, 0.25) is 0 Å². The maximum absolute atomic E-state index is 11.2. The van der Waals surface area contributed by atoms with E-state index < -0.39 is 0 Å². The van der Waals surface area contributed by atoms with Crippen molar-refractivity contribution in [1.29, 1.82) is 0 Å². The maximum Gasteiger partial charge on any atom is 0.177 e. The first kappa shape index (κ1) is 9.63. The molecular weight excluding hydrogens is 174 g/mol. The summed E-state index contributed by atoms with van der Waals surface area (Å²) >= 11 is 0. The van der Waals surface area contributed by atoms with Crippen LogP contribution in [-0.4, -0.2) is 18.0 Å². The zero-order chi connectivity index (χ0) is 9.80. The van der Waals surface area contributed by atoms with Crippen molar-refractivity contribution in [2.75, 3.05) is 6.54 Å². The SMILES string of the molecule is O=C1C=C2CCCCCCCC2=NC1. The van der Waals surface area contributed by atoms with E-state index in [9.17, 15) is 4.79 Å². The van der Waals surface area contributed by atoms with Gasteiger partial charge in [-0.3, -0.25) is 9.79 Å². The Morgan fingerprint density at radius 2 is 1.71 bits per heavy atom. The molecule has 0 aromatic heterocycles. The minimum atomic E-state index is 0.183. The van der Waals surface area contributed by atoms with Gasteiger partial charge in [0.25, 0.3) is 0 Å². The summed E-state index contributed by atoms with van der Waals surface area (Å²) in [5.41, 5.74) is 2.44. The predicted octanol–water partition coefficient (Wildman–Crippen LogP) is 2.68. The third-order valence-corrected chi connectivity index (χ3v) is 2.99. The second-order valence-corrected chi connectivity index (χ2v) is 4.17. The molecule has 2 aliphatic rings. The molecule has 1 aliphatic carbocycles. The van der Waals surface area contributed by atoms with E-state index in [-0.39, 0.29) is 5.78 Å². The van der Waals surface area contributed by atoms with Gasteiger partial charge in [-0.25, -0.2) is 0 Å². The minimum Gasteiger partial charge on any atom is -0.293 e. The fourth-order valence-corrected chi connectivity index (χ4v) is 2.19. The van der Waals surface area contributed by atoms with E-state index in [0.717, 1.165) is 12.8 Å². The molecule has 2 nitrogen and oxygen atoms in total. The lowest BCUT2D eigenvalue weighted by atomic mass is 9.98. The lowest BCUT2D eigenvalue weighted by Crippen LogP contribution is -2.14. The highest BCUT2D eigenvalue weighted by molar-refractivity contribution is 6.10. The monoisotopic (exact) mass is 191 g/mol. The molecule has 0 aromatic carbocycles. The van der Waals surface area contributed by atoms with Crippen molar-refractivity contribution >= 4 is 11.5 Å². The van der Waals surface area contributed by atoms with Gasteiger partial charge in [-0.15, -0.1) is 0 Å². The van der Waals surface area contributed by atoms with Crippen molar-refractivity contribution < 1.29 is 4.79 Å². The molecule has 1 aliphatic heterocycles. The number of hydrogen-bond donors (Lipinski definition) is 0. The van der Waals surface area contributed by atoms with Gasteiger partial charge in [-0.2, -0.15) is 0 Å².